The van der Waals surface area contributed by atoms with Gasteiger partial charge in [0.15, 0.2) is 0 Å². The lowest BCUT2D eigenvalue weighted by Crippen LogP contribution is -2.21. The third kappa shape index (κ3) is 2.66. The van der Waals surface area contributed by atoms with Crippen LogP contribution in [0.15, 0.2) is 12.3 Å². The number of nitrogens with zero attached hydrogens (tertiary/aromatic N) is 3. The summed E-state index contributed by atoms with van der Waals surface area (Å²) in [6.07, 6.45) is 2.84. The topological polar surface area (TPSA) is 55.0 Å². The van der Waals surface area contributed by atoms with Crippen molar-refractivity contribution in [1.29, 1.82) is 0 Å². The first-order chi connectivity index (χ1) is 6.27. The predicted molar refractivity (Wildman–Crippen MR) is 53.5 cm³/mol. The Morgan fingerprint density at radius 3 is 2.92 bits per heavy atom. The molecule has 1 rings (SSSR count). The lowest BCUT2D eigenvalue weighted by Gasteiger charge is -2.15. The Morgan fingerprint density at radius 2 is 2.31 bits per heavy atom. The zero-order valence-electron chi connectivity index (χ0n) is 8.20. The number of hydrogen-bond donors (Lipinski definition) is 1. The van der Waals surface area contributed by atoms with Gasteiger partial charge >= 0.3 is 0 Å². The van der Waals surface area contributed by atoms with Crippen LogP contribution in [-0.4, -0.2) is 23.6 Å². The van der Waals surface area contributed by atoms with Gasteiger partial charge in [-0.25, -0.2) is 9.97 Å². The average molecular weight is 180 g/mol. The molecule has 0 unspecified atom stereocenters. The Labute approximate surface area is 78.8 Å². The summed E-state index contributed by atoms with van der Waals surface area (Å²) in [5.74, 6) is 0.754. The zero-order valence-corrected chi connectivity index (χ0v) is 8.20. The Kier molecular flexibility index (Phi) is 3.64. The molecule has 0 bridgehead atoms. The molecule has 0 fully saturated rings. The molecule has 0 atom stereocenters. The van der Waals surface area contributed by atoms with E-state index in [2.05, 4.69) is 16.9 Å². The van der Waals surface area contributed by atoms with E-state index in [1.807, 2.05) is 18.0 Å². The third-order valence-electron chi connectivity index (χ3n) is 1.81. The van der Waals surface area contributed by atoms with E-state index in [0.29, 0.717) is 6.54 Å². The molecule has 72 valence electrons. The van der Waals surface area contributed by atoms with Crippen LogP contribution in [0.5, 0.6) is 0 Å². The van der Waals surface area contributed by atoms with E-state index in [1.54, 1.807) is 6.20 Å². The Hall–Kier alpha value is -1.16. The molecular formula is C9H16N4. The van der Waals surface area contributed by atoms with E-state index in [4.69, 9.17) is 5.73 Å². The fraction of sp³-hybridized carbons (Fsp3) is 0.556. The maximum atomic E-state index is 5.48. The summed E-state index contributed by atoms with van der Waals surface area (Å²) in [4.78, 5) is 10.5. The molecule has 0 aliphatic rings. The van der Waals surface area contributed by atoms with E-state index in [0.717, 1.165) is 24.6 Å². The van der Waals surface area contributed by atoms with Gasteiger partial charge in [0.05, 0.1) is 5.69 Å². The molecule has 0 aliphatic carbocycles. The minimum Gasteiger partial charge on any atom is -0.344 e. The van der Waals surface area contributed by atoms with Crippen molar-refractivity contribution in [3.63, 3.8) is 0 Å². The second kappa shape index (κ2) is 4.77. The van der Waals surface area contributed by atoms with Gasteiger partial charge in [-0.15, -0.1) is 0 Å². The lowest BCUT2D eigenvalue weighted by atomic mass is 10.4. The fourth-order valence-corrected chi connectivity index (χ4v) is 1.12. The molecule has 0 radical (unpaired) electrons. The highest BCUT2D eigenvalue weighted by molar-refractivity contribution is 5.28. The van der Waals surface area contributed by atoms with Gasteiger partial charge in [0.25, 0.3) is 0 Å². The van der Waals surface area contributed by atoms with Crippen LogP contribution >= 0.6 is 0 Å². The first-order valence-corrected chi connectivity index (χ1v) is 4.51. The molecule has 2 N–H and O–H groups in total. The average Bonchev–Trinajstić information content (AvgIpc) is 2.18. The van der Waals surface area contributed by atoms with Gasteiger partial charge in [0.2, 0.25) is 5.95 Å². The summed E-state index contributed by atoms with van der Waals surface area (Å²) in [5.41, 5.74) is 6.37. The van der Waals surface area contributed by atoms with Gasteiger partial charge in [-0.2, -0.15) is 0 Å². The van der Waals surface area contributed by atoms with Gasteiger partial charge in [0, 0.05) is 26.3 Å². The Balaban J connectivity index is 2.75. The van der Waals surface area contributed by atoms with Crippen LogP contribution in [0, 0.1) is 0 Å². The molecular weight excluding hydrogens is 164 g/mol. The van der Waals surface area contributed by atoms with Crippen LogP contribution < -0.4 is 10.6 Å². The van der Waals surface area contributed by atoms with E-state index < -0.39 is 0 Å². The first kappa shape index (κ1) is 9.92. The lowest BCUT2D eigenvalue weighted by molar-refractivity contribution is 0.808. The molecule has 1 aromatic heterocycles. The second-order valence-corrected chi connectivity index (χ2v) is 2.97. The second-order valence-electron chi connectivity index (χ2n) is 2.97. The maximum Gasteiger partial charge on any atom is 0.225 e. The molecule has 0 saturated heterocycles. The fourth-order valence-electron chi connectivity index (χ4n) is 1.12. The van der Waals surface area contributed by atoms with Crippen molar-refractivity contribution < 1.29 is 0 Å². The third-order valence-corrected chi connectivity index (χ3v) is 1.81. The molecule has 13 heavy (non-hydrogen) atoms. The normalized spacial score (nSPS) is 10.1. The van der Waals surface area contributed by atoms with Crippen LogP contribution in [-0.2, 0) is 6.54 Å². The van der Waals surface area contributed by atoms with Crippen molar-refractivity contribution in [2.24, 2.45) is 5.73 Å². The molecule has 0 aromatic carbocycles. The maximum absolute atomic E-state index is 5.48. The van der Waals surface area contributed by atoms with Crippen molar-refractivity contribution in [2.75, 3.05) is 18.5 Å². The first-order valence-electron chi connectivity index (χ1n) is 4.51. The zero-order chi connectivity index (χ0) is 9.68. The minimum atomic E-state index is 0.468. The number of aromatic nitrogens is 2. The molecule has 0 aliphatic heterocycles. The quantitative estimate of drug-likeness (QED) is 0.744. The number of anilines is 1. The molecule has 0 saturated carbocycles. The molecule has 1 heterocycles. The van der Waals surface area contributed by atoms with Crippen molar-refractivity contribution in [2.45, 2.75) is 19.9 Å². The summed E-state index contributed by atoms with van der Waals surface area (Å²) >= 11 is 0. The number of nitrogens with two attached hydrogens (primary N) is 1. The molecule has 1 aromatic rings. The highest BCUT2D eigenvalue weighted by atomic mass is 15.2. The van der Waals surface area contributed by atoms with Crippen LogP contribution in [0.2, 0.25) is 0 Å². The largest absolute Gasteiger partial charge is 0.344 e. The summed E-state index contributed by atoms with van der Waals surface area (Å²) in [7, 11) is 1.99. The van der Waals surface area contributed by atoms with Gasteiger partial charge in [-0.05, 0) is 12.5 Å². The van der Waals surface area contributed by atoms with E-state index in [9.17, 15) is 0 Å². The van der Waals surface area contributed by atoms with Gasteiger partial charge < -0.3 is 10.6 Å². The van der Waals surface area contributed by atoms with Gasteiger partial charge in [-0.3, -0.25) is 0 Å². The van der Waals surface area contributed by atoms with E-state index in [1.165, 1.54) is 0 Å². The monoisotopic (exact) mass is 180 g/mol. The van der Waals surface area contributed by atoms with Gasteiger partial charge in [0.1, 0.15) is 0 Å². The SMILES string of the molecule is CCCN(C)c1nccc(CN)n1. The Bertz CT molecular complexity index is 262. The van der Waals surface area contributed by atoms with Crippen LogP contribution in [0.4, 0.5) is 5.95 Å². The van der Waals surface area contributed by atoms with E-state index in [-0.39, 0.29) is 0 Å². The number of rotatable bonds is 4. The van der Waals surface area contributed by atoms with Crippen molar-refractivity contribution in [3.05, 3.63) is 18.0 Å². The van der Waals surface area contributed by atoms with Crippen molar-refractivity contribution in [3.8, 4) is 0 Å². The molecule has 4 heteroatoms. The summed E-state index contributed by atoms with van der Waals surface area (Å²) in [6.45, 7) is 3.56. The predicted octanol–water partition coefficient (Wildman–Crippen LogP) is 0.781. The van der Waals surface area contributed by atoms with Crippen LogP contribution in [0.1, 0.15) is 19.0 Å². The van der Waals surface area contributed by atoms with E-state index >= 15 is 0 Å². The minimum absolute atomic E-state index is 0.468. The Morgan fingerprint density at radius 1 is 1.54 bits per heavy atom. The van der Waals surface area contributed by atoms with Crippen LogP contribution in [0.3, 0.4) is 0 Å². The molecule has 0 spiro atoms. The summed E-state index contributed by atoms with van der Waals surface area (Å²) < 4.78 is 0. The van der Waals surface area contributed by atoms with Gasteiger partial charge in [-0.1, -0.05) is 6.92 Å². The summed E-state index contributed by atoms with van der Waals surface area (Å²) in [6, 6.07) is 1.84. The van der Waals surface area contributed by atoms with Crippen molar-refractivity contribution in [1.82, 2.24) is 9.97 Å². The smallest absolute Gasteiger partial charge is 0.225 e. The highest BCUT2D eigenvalue weighted by Crippen LogP contribution is 2.05. The molecule has 4 nitrogen and oxygen atoms in total. The van der Waals surface area contributed by atoms with Crippen LogP contribution in [0.25, 0.3) is 0 Å². The summed E-state index contributed by atoms with van der Waals surface area (Å²) in [5, 5.41) is 0. The number of hydrogen-bond acceptors (Lipinski definition) is 4. The standard InChI is InChI=1S/C9H16N4/c1-3-6-13(2)9-11-5-4-8(7-10)12-9/h4-5H,3,6-7,10H2,1-2H3. The molecule has 0 amide bonds. The highest BCUT2D eigenvalue weighted by Gasteiger charge is 2.02. The van der Waals surface area contributed by atoms with Crippen molar-refractivity contribution >= 4 is 5.95 Å².